The van der Waals surface area contributed by atoms with Crippen molar-refractivity contribution >= 4 is 16.6 Å². The molecule has 3 aromatic rings. The molecule has 0 aromatic heterocycles. The van der Waals surface area contributed by atoms with Crippen LogP contribution in [-0.4, -0.2) is 5.78 Å². The molecule has 0 spiro atoms. The fraction of sp³-hybridized carbons (Fsp3) is 0.227. The van der Waals surface area contributed by atoms with E-state index in [1.807, 2.05) is 18.2 Å². The van der Waals surface area contributed by atoms with E-state index in [1.54, 1.807) is 0 Å². The van der Waals surface area contributed by atoms with Crippen molar-refractivity contribution < 1.29 is 4.79 Å². The second-order valence-corrected chi connectivity index (χ2v) is 6.62. The molecule has 114 valence electrons. The number of hydrogen-bond donors (Lipinski definition) is 0. The summed E-state index contributed by atoms with van der Waals surface area (Å²) in [5.74, 6) is 1.22. The molecule has 1 saturated carbocycles. The summed E-state index contributed by atoms with van der Waals surface area (Å²) >= 11 is 0. The number of fused-ring (bicyclic) bond motifs is 1. The topological polar surface area (TPSA) is 17.1 Å². The van der Waals surface area contributed by atoms with Gasteiger partial charge in [-0.3, -0.25) is 4.79 Å². The summed E-state index contributed by atoms with van der Waals surface area (Å²) in [6.45, 7) is 0. The van der Waals surface area contributed by atoms with Gasteiger partial charge < -0.3 is 0 Å². The first kappa shape index (κ1) is 14.2. The van der Waals surface area contributed by atoms with E-state index in [9.17, 15) is 4.79 Å². The highest BCUT2D eigenvalue weighted by atomic mass is 16.1. The van der Waals surface area contributed by atoms with Crippen molar-refractivity contribution in [3.63, 3.8) is 0 Å². The Morgan fingerprint density at radius 1 is 0.826 bits per heavy atom. The second kappa shape index (κ2) is 6.00. The molecule has 0 saturated heterocycles. The molecule has 2 atom stereocenters. The van der Waals surface area contributed by atoms with E-state index >= 15 is 0 Å². The average Bonchev–Trinajstić information content (AvgIpc) is 3.35. The number of carbonyl (C=O) groups excluding carboxylic acids is 1. The fourth-order valence-electron chi connectivity index (χ4n) is 3.47. The Labute approximate surface area is 137 Å². The summed E-state index contributed by atoms with van der Waals surface area (Å²) in [6, 6.07) is 25.2. The zero-order valence-corrected chi connectivity index (χ0v) is 13.1. The normalized spacial score (nSPS) is 19.7. The third-order valence-corrected chi connectivity index (χ3v) is 4.87. The van der Waals surface area contributed by atoms with Gasteiger partial charge in [-0.05, 0) is 40.7 Å². The molecule has 4 rings (SSSR count). The highest BCUT2D eigenvalue weighted by Crippen LogP contribution is 2.42. The molecule has 0 heterocycles. The van der Waals surface area contributed by atoms with Gasteiger partial charge in [-0.25, -0.2) is 0 Å². The SMILES string of the molecule is O=C(Cc1ccc2ccccc2c1)C1CC1Cc1ccccc1. The summed E-state index contributed by atoms with van der Waals surface area (Å²) in [6.07, 6.45) is 2.66. The number of ketones is 1. The first-order valence-electron chi connectivity index (χ1n) is 8.34. The van der Waals surface area contributed by atoms with Crippen LogP contribution in [0.4, 0.5) is 0 Å². The molecule has 2 unspecified atom stereocenters. The average molecular weight is 300 g/mol. The molecule has 23 heavy (non-hydrogen) atoms. The maximum atomic E-state index is 12.5. The van der Waals surface area contributed by atoms with Gasteiger partial charge in [-0.2, -0.15) is 0 Å². The van der Waals surface area contributed by atoms with Crippen molar-refractivity contribution in [1.82, 2.24) is 0 Å². The molecule has 1 heteroatoms. The van der Waals surface area contributed by atoms with Crippen LogP contribution in [0, 0.1) is 11.8 Å². The molecule has 1 aliphatic carbocycles. The van der Waals surface area contributed by atoms with Gasteiger partial charge in [0.1, 0.15) is 5.78 Å². The van der Waals surface area contributed by atoms with Crippen LogP contribution in [0.15, 0.2) is 72.8 Å². The maximum absolute atomic E-state index is 12.5. The van der Waals surface area contributed by atoms with Crippen molar-refractivity contribution in [3.05, 3.63) is 83.9 Å². The van der Waals surface area contributed by atoms with Gasteiger partial charge in [0.05, 0.1) is 0 Å². The predicted octanol–water partition coefficient (Wildman–Crippen LogP) is 4.83. The minimum atomic E-state index is 0.265. The molecule has 1 nitrogen and oxygen atoms in total. The fourth-order valence-corrected chi connectivity index (χ4v) is 3.47. The largest absolute Gasteiger partial charge is 0.299 e. The maximum Gasteiger partial charge on any atom is 0.140 e. The quantitative estimate of drug-likeness (QED) is 0.659. The van der Waals surface area contributed by atoms with Gasteiger partial charge in [-0.1, -0.05) is 72.8 Å². The van der Waals surface area contributed by atoms with Crippen LogP contribution in [0.5, 0.6) is 0 Å². The molecular formula is C22H20O. The third kappa shape index (κ3) is 3.19. The van der Waals surface area contributed by atoms with Crippen molar-refractivity contribution in [1.29, 1.82) is 0 Å². The number of hydrogen-bond acceptors (Lipinski definition) is 1. The van der Waals surface area contributed by atoms with Gasteiger partial charge in [-0.15, -0.1) is 0 Å². The summed E-state index contributed by atoms with van der Waals surface area (Å²) in [4.78, 5) is 12.5. The lowest BCUT2D eigenvalue weighted by molar-refractivity contribution is -0.119. The molecular weight excluding hydrogens is 280 g/mol. The van der Waals surface area contributed by atoms with Crippen LogP contribution in [0.2, 0.25) is 0 Å². The number of benzene rings is 3. The van der Waals surface area contributed by atoms with E-state index in [0.717, 1.165) is 18.4 Å². The van der Waals surface area contributed by atoms with Crippen molar-refractivity contribution in [2.45, 2.75) is 19.3 Å². The molecule has 0 N–H and O–H groups in total. The lowest BCUT2D eigenvalue weighted by Crippen LogP contribution is -2.07. The van der Waals surface area contributed by atoms with Crippen LogP contribution in [0.3, 0.4) is 0 Å². The smallest absolute Gasteiger partial charge is 0.140 e. The molecule has 3 aromatic carbocycles. The van der Waals surface area contributed by atoms with Crippen LogP contribution in [-0.2, 0) is 17.6 Å². The predicted molar refractivity (Wildman–Crippen MR) is 94.4 cm³/mol. The molecule has 1 fully saturated rings. The Morgan fingerprint density at radius 2 is 1.57 bits per heavy atom. The lowest BCUT2D eigenvalue weighted by atomic mass is 10.00. The van der Waals surface area contributed by atoms with E-state index in [2.05, 4.69) is 54.6 Å². The molecule has 0 bridgehead atoms. The molecule has 1 aliphatic rings. The highest BCUT2D eigenvalue weighted by molar-refractivity contribution is 5.88. The Bertz CT molecular complexity index is 835. The summed E-state index contributed by atoms with van der Waals surface area (Å²) < 4.78 is 0. The van der Waals surface area contributed by atoms with Gasteiger partial charge >= 0.3 is 0 Å². The van der Waals surface area contributed by atoms with E-state index in [4.69, 9.17) is 0 Å². The summed E-state index contributed by atoms with van der Waals surface area (Å²) in [7, 11) is 0. The monoisotopic (exact) mass is 300 g/mol. The number of Topliss-reactive ketones (excluding diaryl/α,β-unsaturated/α-hetero) is 1. The Hall–Kier alpha value is -2.41. The zero-order chi connectivity index (χ0) is 15.6. The second-order valence-electron chi connectivity index (χ2n) is 6.62. The highest BCUT2D eigenvalue weighted by Gasteiger charge is 2.41. The van der Waals surface area contributed by atoms with Crippen LogP contribution >= 0.6 is 0 Å². The van der Waals surface area contributed by atoms with Crippen molar-refractivity contribution in [2.24, 2.45) is 11.8 Å². The van der Waals surface area contributed by atoms with Crippen molar-refractivity contribution in [2.75, 3.05) is 0 Å². The minimum Gasteiger partial charge on any atom is -0.299 e. The van der Waals surface area contributed by atoms with Crippen LogP contribution < -0.4 is 0 Å². The third-order valence-electron chi connectivity index (χ3n) is 4.87. The minimum absolute atomic E-state index is 0.265. The van der Waals surface area contributed by atoms with Gasteiger partial charge in [0, 0.05) is 12.3 Å². The summed E-state index contributed by atoms with van der Waals surface area (Å²) in [5.41, 5.74) is 2.48. The van der Waals surface area contributed by atoms with E-state index < -0.39 is 0 Å². The van der Waals surface area contributed by atoms with E-state index in [0.29, 0.717) is 18.1 Å². The Balaban J connectivity index is 1.40. The summed E-state index contributed by atoms with van der Waals surface area (Å²) in [5, 5.41) is 2.45. The number of carbonyl (C=O) groups is 1. The zero-order valence-electron chi connectivity index (χ0n) is 13.1. The number of rotatable bonds is 5. The standard InChI is InChI=1S/C22H20O/c23-22(21-15-20(21)12-16-6-2-1-3-7-16)14-17-10-11-18-8-4-5-9-19(18)13-17/h1-11,13,20-21H,12,14-15H2. The van der Waals surface area contributed by atoms with E-state index in [-0.39, 0.29) is 5.92 Å². The van der Waals surface area contributed by atoms with Crippen LogP contribution in [0.25, 0.3) is 10.8 Å². The Kier molecular flexibility index (Phi) is 3.70. The van der Waals surface area contributed by atoms with Gasteiger partial charge in [0.15, 0.2) is 0 Å². The van der Waals surface area contributed by atoms with Crippen molar-refractivity contribution in [3.8, 4) is 0 Å². The van der Waals surface area contributed by atoms with E-state index in [1.165, 1.54) is 16.3 Å². The van der Waals surface area contributed by atoms with Gasteiger partial charge in [0.2, 0.25) is 0 Å². The molecule has 0 radical (unpaired) electrons. The molecule has 0 aliphatic heterocycles. The van der Waals surface area contributed by atoms with Crippen LogP contribution in [0.1, 0.15) is 17.5 Å². The first-order chi connectivity index (χ1) is 11.3. The van der Waals surface area contributed by atoms with Gasteiger partial charge in [0.25, 0.3) is 0 Å². The Morgan fingerprint density at radius 3 is 2.39 bits per heavy atom. The lowest BCUT2D eigenvalue weighted by Gasteiger charge is -2.04. The molecule has 0 amide bonds. The first-order valence-corrected chi connectivity index (χ1v) is 8.34.